The normalized spacial score (nSPS) is 10.7. The second kappa shape index (κ2) is 7.80. The first-order valence-corrected chi connectivity index (χ1v) is 8.43. The molecule has 7 nitrogen and oxygen atoms in total. The number of aliphatic hydroxyl groups is 1. The summed E-state index contributed by atoms with van der Waals surface area (Å²) in [7, 11) is 0. The Morgan fingerprint density at radius 1 is 1.25 bits per heavy atom. The summed E-state index contributed by atoms with van der Waals surface area (Å²) < 4.78 is 0. The highest BCUT2D eigenvalue weighted by Crippen LogP contribution is 2.16. The molecule has 8 heteroatoms. The van der Waals surface area contributed by atoms with Crippen LogP contribution in [-0.2, 0) is 17.9 Å². The van der Waals surface area contributed by atoms with E-state index in [2.05, 4.69) is 15.4 Å². The van der Waals surface area contributed by atoms with Gasteiger partial charge in [-0.05, 0) is 22.2 Å². The molecule has 0 fully saturated rings. The fourth-order valence-corrected chi connectivity index (χ4v) is 2.89. The lowest BCUT2D eigenvalue weighted by molar-refractivity contribution is -0.133. The zero-order valence-electron chi connectivity index (χ0n) is 12.9. The van der Waals surface area contributed by atoms with Crippen molar-refractivity contribution in [2.24, 2.45) is 0 Å². The van der Waals surface area contributed by atoms with Gasteiger partial charge in [0.25, 0.3) is 0 Å². The maximum atomic E-state index is 12.5. The zero-order valence-corrected chi connectivity index (χ0v) is 13.8. The van der Waals surface area contributed by atoms with E-state index in [4.69, 9.17) is 0 Å². The van der Waals surface area contributed by atoms with E-state index in [0.29, 0.717) is 12.4 Å². The molecule has 124 valence electrons. The predicted molar refractivity (Wildman–Crippen MR) is 90.1 cm³/mol. The lowest BCUT2D eigenvalue weighted by Gasteiger charge is -2.21. The molecule has 0 unspecified atom stereocenters. The third-order valence-corrected chi connectivity index (χ3v) is 4.13. The summed E-state index contributed by atoms with van der Waals surface area (Å²) in [5.41, 5.74) is 1.89. The summed E-state index contributed by atoms with van der Waals surface area (Å²) >= 11 is 1.55. The van der Waals surface area contributed by atoms with E-state index in [9.17, 15) is 9.90 Å². The molecule has 0 saturated heterocycles. The molecule has 0 aliphatic rings. The van der Waals surface area contributed by atoms with Gasteiger partial charge in [-0.25, -0.2) is 0 Å². The Morgan fingerprint density at radius 3 is 2.79 bits per heavy atom. The van der Waals surface area contributed by atoms with Crippen LogP contribution in [0.3, 0.4) is 0 Å². The van der Waals surface area contributed by atoms with E-state index < -0.39 is 0 Å². The molecule has 1 N–H and O–H groups in total. The molecule has 0 radical (unpaired) electrons. The average molecular weight is 343 g/mol. The Morgan fingerprint density at radius 2 is 2.08 bits per heavy atom. The van der Waals surface area contributed by atoms with Gasteiger partial charge in [-0.2, -0.15) is 16.1 Å². The van der Waals surface area contributed by atoms with Crippen molar-refractivity contribution in [3.63, 3.8) is 0 Å². The van der Waals surface area contributed by atoms with Crippen molar-refractivity contribution in [2.75, 3.05) is 13.2 Å². The fourth-order valence-electron chi connectivity index (χ4n) is 2.25. The highest BCUT2D eigenvalue weighted by Gasteiger charge is 2.16. The van der Waals surface area contributed by atoms with Crippen molar-refractivity contribution < 1.29 is 9.90 Å². The number of thiophene rings is 1. The number of tetrazole rings is 1. The number of rotatable bonds is 7. The Bertz CT molecular complexity index is 773. The first kappa shape index (κ1) is 16.3. The number of nitrogens with zero attached hydrogens (tertiary/aromatic N) is 5. The van der Waals surface area contributed by atoms with Crippen molar-refractivity contribution in [2.45, 2.75) is 13.1 Å². The van der Waals surface area contributed by atoms with Gasteiger partial charge in [0, 0.05) is 24.0 Å². The van der Waals surface area contributed by atoms with E-state index in [1.165, 1.54) is 4.80 Å². The molecule has 0 spiro atoms. The molecule has 0 aliphatic carbocycles. The van der Waals surface area contributed by atoms with Gasteiger partial charge in [0.05, 0.1) is 6.61 Å². The first-order chi connectivity index (χ1) is 11.8. The molecule has 0 atom stereocenters. The number of benzene rings is 1. The molecule has 24 heavy (non-hydrogen) atoms. The predicted octanol–water partition coefficient (Wildman–Crippen LogP) is 1.42. The van der Waals surface area contributed by atoms with Crippen LogP contribution in [0.25, 0.3) is 11.4 Å². The van der Waals surface area contributed by atoms with Gasteiger partial charge in [0.15, 0.2) is 0 Å². The summed E-state index contributed by atoms with van der Waals surface area (Å²) in [5, 5.41) is 25.2. The number of carbonyl (C=O) groups excluding carboxylic acids is 1. The molecule has 3 aromatic rings. The van der Waals surface area contributed by atoms with Crippen molar-refractivity contribution in [1.82, 2.24) is 25.1 Å². The molecule has 0 saturated carbocycles. The van der Waals surface area contributed by atoms with E-state index in [-0.39, 0.29) is 25.6 Å². The van der Waals surface area contributed by atoms with Gasteiger partial charge < -0.3 is 10.0 Å². The molecular weight excluding hydrogens is 326 g/mol. The van der Waals surface area contributed by atoms with Gasteiger partial charge in [0.1, 0.15) is 6.54 Å². The maximum Gasteiger partial charge on any atom is 0.246 e. The van der Waals surface area contributed by atoms with Crippen LogP contribution < -0.4 is 0 Å². The highest BCUT2D eigenvalue weighted by molar-refractivity contribution is 7.08. The van der Waals surface area contributed by atoms with Crippen molar-refractivity contribution >= 4 is 17.2 Å². The molecule has 2 aromatic heterocycles. The Balaban J connectivity index is 1.67. The fraction of sp³-hybridized carbons (Fsp3) is 0.250. The third-order valence-electron chi connectivity index (χ3n) is 3.45. The van der Waals surface area contributed by atoms with Gasteiger partial charge in [-0.1, -0.05) is 30.3 Å². The standard InChI is InChI=1S/C16H17N5O2S/c22-8-7-20(10-13-4-2-1-3-5-13)15(23)11-21-18-16(17-19-21)14-6-9-24-12-14/h1-6,9,12,22H,7-8,10-11H2. The molecule has 0 aliphatic heterocycles. The Labute approximate surface area is 143 Å². The second-order valence-electron chi connectivity index (χ2n) is 5.18. The summed E-state index contributed by atoms with van der Waals surface area (Å²) in [6, 6.07) is 11.6. The van der Waals surface area contributed by atoms with Crippen LogP contribution in [-0.4, -0.2) is 49.3 Å². The number of amides is 1. The molecule has 0 bridgehead atoms. The second-order valence-corrected chi connectivity index (χ2v) is 5.96. The number of hydrogen-bond acceptors (Lipinski definition) is 6. The van der Waals surface area contributed by atoms with Gasteiger partial charge in [-0.15, -0.1) is 10.2 Å². The summed E-state index contributed by atoms with van der Waals surface area (Å²) in [6.07, 6.45) is 0. The lowest BCUT2D eigenvalue weighted by Crippen LogP contribution is -2.36. The molecule has 2 heterocycles. The number of hydrogen-bond donors (Lipinski definition) is 1. The lowest BCUT2D eigenvalue weighted by atomic mass is 10.2. The largest absolute Gasteiger partial charge is 0.395 e. The molecular formula is C16H17N5O2S. The Hall–Kier alpha value is -2.58. The van der Waals surface area contributed by atoms with E-state index in [1.807, 2.05) is 47.2 Å². The summed E-state index contributed by atoms with van der Waals surface area (Å²) in [6.45, 7) is 0.597. The maximum absolute atomic E-state index is 12.5. The molecule has 1 aromatic carbocycles. The van der Waals surface area contributed by atoms with Gasteiger partial charge >= 0.3 is 0 Å². The van der Waals surface area contributed by atoms with Crippen LogP contribution in [0.4, 0.5) is 0 Å². The minimum atomic E-state index is -0.165. The summed E-state index contributed by atoms with van der Waals surface area (Å²) in [4.78, 5) is 15.4. The van der Waals surface area contributed by atoms with Crippen LogP contribution in [0.15, 0.2) is 47.2 Å². The van der Waals surface area contributed by atoms with Gasteiger partial charge in [0.2, 0.25) is 11.7 Å². The third kappa shape index (κ3) is 4.03. The Kier molecular flexibility index (Phi) is 5.29. The van der Waals surface area contributed by atoms with Gasteiger partial charge in [-0.3, -0.25) is 4.79 Å². The van der Waals surface area contributed by atoms with Crippen LogP contribution >= 0.6 is 11.3 Å². The highest BCUT2D eigenvalue weighted by atomic mass is 32.1. The minimum absolute atomic E-state index is 0.00995. The number of carbonyl (C=O) groups is 1. The van der Waals surface area contributed by atoms with Crippen LogP contribution in [0.2, 0.25) is 0 Å². The van der Waals surface area contributed by atoms with E-state index in [0.717, 1.165) is 11.1 Å². The van der Waals surface area contributed by atoms with Crippen molar-refractivity contribution in [1.29, 1.82) is 0 Å². The SMILES string of the molecule is O=C(Cn1nnc(-c2ccsc2)n1)N(CCO)Cc1ccccc1. The molecule has 1 amide bonds. The number of aromatic nitrogens is 4. The smallest absolute Gasteiger partial charge is 0.246 e. The number of aliphatic hydroxyl groups excluding tert-OH is 1. The van der Waals surface area contributed by atoms with Crippen LogP contribution in [0, 0.1) is 0 Å². The minimum Gasteiger partial charge on any atom is -0.395 e. The summed E-state index contributed by atoms with van der Waals surface area (Å²) in [5.74, 6) is 0.336. The van der Waals surface area contributed by atoms with E-state index in [1.54, 1.807) is 16.2 Å². The average Bonchev–Trinajstić information content (AvgIpc) is 3.26. The molecule has 3 rings (SSSR count). The topological polar surface area (TPSA) is 84.1 Å². The first-order valence-electron chi connectivity index (χ1n) is 7.49. The quantitative estimate of drug-likeness (QED) is 0.701. The monoisotopic (exact) mass is 343 g/mol. The van der Waals surface area contributed by atoms with E-state index >= 15 is 0 Å². The van der Waals surface area contributed by atoms with Crippen molar-refractivity contribution in [3.8, 4) is 11.4 Å². The zero-order chi connectivity index (χ0) is 16.8. The van der Waals surface area contributed by atoms with Crippen LogP contribution in [0.1, 0.15) is 5.56 Å². The van der Waals surface area contributed by atoms with Crippen LogP contribution in [0.5, 0.6) is 0 Å². The van der Waals surface area contributed by atoms with Crippen molar-refractivity contribution in [3.05, 3.63) is 52.7 Å².